The van der Waals surface area contributed by atoms with Gasteiger partial charge in [-0.25, -0.2) is 0 Å². The number of allylic oxidation sites excluding steroid dienone is 1. The lowest BCUT2D eigenvalue weighted by molar-refractivity contribution is -0.413. The van der Waals surface area contributed by atoms with Gasteiger partial charge >= 0.3 is 0 Å². The summed E-state index contributed by atoms with van der Waals surface area (Å²) >= 11 is 3.73. The molecule has 0 radical (unpaired) electrons. The van der Waals surface area contributed by atoms with E-state index in [0.717, 1.165) is 20.0 Å². The summed E-state index contributed by atoms with van der Waals surface area (Å²) in [4.78, 5) is 0. The molecule has 2 fully saturated rings. The third-order valence-corrected chi connectivity index (χ3v) is 4.30. The first-order chi connectivity index (χ1) is 9.74. The number of ether oxygens (including phenoxy) is 2. The van der Waals surface area contributed by atoms with Gasteiger partial charge in [-0.3, -0.25) is 0 Å². The monoisotopic (exact) mass is 323 g/mol. The van der Waals surface area contributed by atoms with Gasteiger partial charge in [0.05, 0.1) is 5.70 Å². The predicted octanol–water partition coefficient (Wildman–Crippen LogP) is -1.44. The molecule has 2 aliphatic heterocycles. The number of piperidine rings is 1. The van der Waals surface area contributed by atoms with Gasteiger partial charge in [-0.1, -0.05) is 0 Å². The zero-order valence-electron chi connectivity index (χ0n) is 11.6. The van der Waals surface area contributed by atoms with Crippen molar-refractivity contribution >= 4 is 12.6 Å². The highest BCUT2D eigenvalue weighted by atomic mass is 32.1. The molecule has 0 spiro atoms. The number of methoxy groups -OCH3 is 1. The Morgan fingerprint density at radius 2 is 2.05 bits per heavy atom. The minimum atomic E-state index is -2.64. The third-order valence-electron chi connectivity index (χ3n) is 3.87. The van der Waals surface area contributed by atoms with E-state index in [-0.39, 0.29) is 5.76 Å². The molecule has 0 amide bonds. The summed E-state index contributed by atoms with van der Waals surface area (Å²) in [5, 5.41) is 50.7. The quantitative estimate of drug-likeness (QED) is 0.187. The number of nitrogens with one attached hydrogen (secondary N) is 1. The van der Waals surface area contributed by atoms with Crippen LogP contribution in [-0.4, -0.2) is 68.4 Å². The van der Waals surface area contributed by atoms with Crippen LogP contribution in [0.1, 0.15) is 19.3 Å². The first-order valence-corrected chi connectivity index (χ1v) is 7.11. The minimum Gasteiger partial charge on any atom is -0.508 e. The average Bonchev–Trinajstić information content (AvgIpc) is 2.49. The molecule has 2 heterocycles. The Morgan fingerprint density at radius 3 is 2.57 bits per heavy atom. The Bertz CT molecular complexity index is 422. The largest absolute Gasteiger partial charge is 0.508 e. The SMILES string of the molecule is CO[C@]1(O)[C@@H](O)[C@@H](O)[C@H](/C(O)=C2\CCCCN2)OC1(O)S. The van der Waals surface area contributed by atoms with Gasteiger partial charge in [-0.15, -0.1) is 12.6 Å². The van der Waals surface area contributed by atoms with E-state index in [1.54, 1.807) is 0 Å². The number of rotatable bonds is 2. The lowest BCUT2D eigenvalue weighted by Crippen LogP contribution is -2.71. The highest BCUT2D eigenvalue weighted by Gasteiger charge is 2.64. The molecule has 21 heavy (non-hydrogen) atoms. The van der Waals surface area contributed by atoms with Crippen LogP contribution in [0.25, 0.3) is 0 Å². The fraction of sp³-hybridized carbons (Fsp3) is 0.833. The zero-order valence-corrected chi connectivity index (χ0v) is 12.5. The van der Waals surface area contributed by atoms with Crippen LogP contribution in [0, 0.1) is 0 Å². The van der Waals surface area contributed by atoms with Gasteiger partial charge < -0.3 is 40.3 Å². The molecule has 0 bridgehead atoms. The molecule has 0 aromatic heterocycles. The Kier molecular flexibility index (Phi) is 4.74. The molecule has 2 aliphatic rings. The summed E-state index contributed by atoms with van der Waals surface area (Å²) in [7, 11) is 1.02. The van der Waals surface area contributed by atoms with Crippen molar-refractivity contribution in [3.8, 4) is 0 Å². The Balaban J connectivity index is 2.30. The lowest BCUT2D eigenvalue weighted by atomic mass is 9.93. The smallest absolute Gasteiger partial charge is 0.272 e. The molecule has 5 atom stereocenters. The Morgan fingerprint density at radius 1 is 1.38 bits per heavy atom. The van der Waals surface area contributed by atoms with Crippen molar-refractivity contribution < 1.29 is 35.0 Å². The molecule has 2 saturated heterocycles. The maximum atomic E-state index is 10.2. The fourth-order valence-corrected chi connectivity index (χ4v) is 2.87. The molecule has 0 saturated carbocycles. The van der Waals surface area contributed by atoms with E-state index >= 15 is 0 Å². The van der Waals surface area contributed by atoms with Crippen molar-refractivity contribution in [1.82, 2.24) is 5.32 Å². The van der Waals surface area contributed by atoms with Gasteiger partial charge in [0.2, 0.25) is 0 Å². The molecular weight excluding hydrogens is 302 g/mol. The summed E-state index contributed by atoms with van der Waals surface area (Å²) in [5.74, 6) is -2.98. The van der Waals surface area contributed by atoms with E-state index in [4.69, 9.17) is 4.74 Å². The predicted molar refractivity (Wildman–Crippen MR) is 74.3 cm³/mol. The molecule has 0 aromatic rings. The molecule has 122 valence electrons. The van der Waals surface area contributed by atoms with Gasteiger partial charge in [0.15, 0.2) is 0 Å². The summed E-state index contributed by atoms with van der Waals surface area (Å²) in [6.07, 6.45) is -2.74. The van der Waals surface area contributed by atoms with Gasteiger partial charge in [0.1, 0.15) is 24.1 Å². The van der Waals surface area contributed by atoms with E-state index in [2.05, 4.69) is 22.7 Å². The summed E-state index contributed by atoms with van der Waals surface area (Å²) in [5.41, 5.74) is 0.462. The van der Waals surface area contributed by atoms with Crippen LogP contribution in [0.4, 0.5) is 0 Å². The van der Waals surface area contributed by atoms with E-state index in [1.807, 2.05) is 0 Å². The highest BCUT2D eigenvalue weighted by molar-refractivity contribution is 7.81. The van der Waals surface area contributed by atoms with E-state index < -0.39 is 29.2 Å². The van der Waals surface area contributed by atoms with Crippen molar-refractivity contribution in [1.29, 1.82) is 0 Å². The van der Waals surface area contributed by atoms with Crippen molar-refractivity contribution in [2.45, 2.75) is 48.5 Å². The number of hydrogen-bond donors (Lipinski definition) is 7. The molecule has 1 unspecified atom stereocenters. The molecule has 0 aliphatic carbocycles. The molecule has 9 heteroatoms. The lowest BCUT2D eigenvalue weighted by Gasteiger charge is -2.49. The average molecular weight is 323 g/mol. The molecule has 0 aromatic carbocycles. The van der Waals surface area contributed by atoms with Crippen molar-refractivity contribution in [3.63, 3.8) is 0 Å². The standard InChI is InChI=1S/C12H21NO7S/c1-19-11(17)10(16)8(15)9(20-12(11,18)21)7(14)6-4-2-3-5-13-6/h8-10,13-18,21H,2-5H2,1H3/b7-6-/t8-,9-,10-,11+,12?/m0/s1. The van der Waals surface area contributed by atoms with Crippen LogP contribution in [0.15, 0.2) is 11.5 Å². The molecule has 8 nitrogen and oxygen atoms in total. The topological polar surface area (TPSA) is 132 Å². The number of thiol groups is 1. The molecule has 6 N–H and O–H groups in total. The summed E-state index contributed by atoms with van der Waals surface area (Å²) in [6, 6.07) is 0. The minimum absolute atomic E-state index is 0.341. The Hall–Kier alpha value is -0.550. The number of aliphatic hydroxyl groups is 5. The second-order valence-electron chi connectivity index (χ2n) is 5.23. The summed E-state index contributed by atoms with van der Waals surface area (Å²) in [6.45, 7) is 0.665. The second kappa shape index (κ2) is 5.92. The van der Waals surface area contributed by atoms with E-state index in [9.17, 15) is 25.5 Å². The normalized spacial score (nSPS) is 46.9. The first-order valence-electron chi connectivity index (χ1n) is 6.66. The van der Waals surface area contributed by atoms with Gasteiger partial charge in [0, 0.05) is 13.7 Å². The number of hydrogen-bond acceptors (Lipinski definition) is 9. The van der Waals surface area contributed by atoms with Crippen LogP contribution in [0.2, 0.25) is 0 Å². The van der Waals surface area contributed by atoms with E-state index in [1.165, 1.54) is 0 Å². The van der Waals surface area contributed by atoms with Crippen LogP contribution in [0.3, 0.4) is 0 Å². The van der Waals surface area contributed by atoms with Crippen molar-refractivity contribution in [2.75, 3.05) is 13.7 Å². The maximum Gasteiger partial charge on any atom is 0.272 e. The van der Waals surface area contributed by atoms with Crippen LogP contribution < -0.4 is 5.32 Å². The van der Waals surface area contributed by atoms with E-state index in [0.29, 0.717) is 18.7 Å². The van der Waals surface area contributed by atoms with Crippen molar-refractivity contribution in [2.24, 2.45) is 0 Å². The Labute approximate surface area is 127 Å². The van der Waals surface area contributed by atoms with Gasteiger partial charge in [-0.2, -0.15) is 0 Å². The third kappa shape index (κ3) is 2.74. The van der Waals surface area contributed by atoms with Gasteiger partial charge in [-0.05, 0) is 19.3 Å². The van der Waals surface area contributed by atoms with Crippen LogP contribution in [0.5, 0.6) is 0 Å². The van der Waals surface area contributed by atoms with Crippen LogP contribution >= 0.6 is 12.6 Å². The van der Waals surface area contributed by atoms with Gasteiger partial charge in [0.25, 0.3) is 10.9 Å². The number of aliphatic hydroxyl groups excluding tert-OH is 3. The molecule has 2 rings (SSSR count). The first kappa shape index (κ1) is 16.8. The fourth-order valence-electron chi connectivity index (χ4n) is 2.54. The zero-order chi connectivity index (χ0) is 15.8. The highest BCUT2D eigenvalue weighted by Crippen LogP contribution is 2.41. The molecular formula is C12H21NO7S. The van der Waals surface area contributed by atoms with Crippen molar-refractivity contribution in [3.05, 3.63) is 11.5 Å². The second-order valence-corrected chi connectivity index (χ2v) is 5.84. The maximum absolute atomic E-state index is 10.2. The van der Waals surface area contributed by atoms with Crippen LogP contribution in [-0.2, 0) is 9.47 Å². The summed E-state index contributed by atoms with van der Waals surface area (Å²) < 4.78 is 9.70.